The number of halogens is 1. The van der Waals surface area contributed by atoms with Crippen LogP contribution in [0.5, 0.6) is 0 Å². The lowest BCUT2D eigenvalue weighted by atomic mass is 10.2. The molecule has 0 spiro atoms. The SMILES string of the molecule is NCCCN(CCN1CCOCC1)c1cccc(F)c1. The standard InChI is InChI=1S/C15H24FN3O/c16-14-3-1-4-15(13-14)19(6-2-5-17)8-7-18-9-11-20-12-10-18/h1,3-4,13H,2,5-12,17H2. The average Bonchev–Trinajstić information content (AvgIpc) is 2.48. The summed E-state index contributed by atoms with van der Waals surface area (Å²) in [5.74, 6) is -0.188. The van der Waals surface area contributed by atoms with Crippen molar-refractivity contribution in [3.63, 3.8) is 0 Å². The van der Waals surface area contributed by atoms with Crippen LogP contribution in [0, 0.1) is 5.82 Å². The number of ether oxygens (including phenoxy) is 1. The van der Waals surface area contributed by atoms with E-state index in [-0.39, 0.29) is 5.82 Å². The third kappa shape index (κ3) is 4.74. The number of morpholine rings is 1. The predicted octanol–water partition coefficient (Wildman–Crippen LogP) is 1.31. The summed E-state index contributed by atoms with van der Waals surface area (Å²) in [6.07, 6.45) is 0.916. The normalized spacial score (nSPS) is 16.3. The summed E-state index contributed by atoms with van der Waals surface area (Å²) in [5.41, 5.74) is 6.53. The smallest absolute Gasteiger partial charge is 0.125 e. The monoisotopic (exact) mass is 281 g/mol. The molecule has 5 heteroatoms. The van der Waals surface area contributed by atoms with E-state index < -0.39 is 0 Å². The van der Waals surface area contributed by atoms with Crippen LogP contribution in [0.15, 0.2) is 24.3 Å². The zero-order chi connectivity index (χ0) is 14.2. The Bertz CT molecular complexity index is 396. The summed E-state index contributed by atoms with van der Waals surface area (Å²) in [6, 6.07) is 6.79. The van der Waals surface area contributed by atoms with Crippen LogP contribution in [0.3, 0.4) is 0 Å². The molecule has 1 aromatic carbocycles. The maximum absolute atomic E-state index is 13.4. The van der Waals surface area contributed by atoms with Crippen LogP contribution in [0.4, 0.5) is 10.1 Å². The molecule has 0 amide bonds. The first-order chi connectivity index (χ1) is 9.79. The van der Waals surface area contributed by atoms with Crippen LogP contribution < -0.4 is 10.6 Å². The quantitative estimate of drug-likeness (QED) is 0.818. The predicted molar refractivity (Wildman–Crippen MR) is 79.5 cm³/mol. The van der Waals surface area contributed by atoms with Gasteiger partial charge >= 0.3 is 0 Å². The van der Waals surface area contributed by atoms with Gasteiger partial charge in [-0.1, -0.05) is 6.07 Å². The van der Waals surface area contributed by atoms with E-state index in [0.717, 1.165) is 58.0 Å². The summed E-state index contributed by atoms with van der Waals surface area (Å²) in [4.78, 5) is 4.60. The van der Waals surface area contributed by atoms with Crippen molar-refractivity contribution >= 4 is 5.69 Å². The van der Waals surface area contributed by atoms with Gasteiger partial charge in [-0.05, 0) is 31.2 Å². The van der Waals surface area contributed by atoms with Crippen molar-refractivity contribution in [3.8, 4) is 0 Å². The Morgan fingerprint density at radius 1 is 1.25 bits per heavy atom. The number of hydrogen-bond acceptors (Lipinski definition) is 4. The lowest BCUT2D eigenvalue weighted by Gasteiger charge is -2.31. The molecule has 0 aliphatic carbocycles. The van der Waals surface area contributed by atoms with E-state index in [0.29, 0.717) is 6.54 Å². The molecule has 1 saturated heterocycles. The molecule has 1 heterocycles. The molecule has 0 saturated carbocycles. The molecule has 0 aromatic heterocycles. The zero-order valence-corrected chi connectivity index (χ0v) is 11.9. The van der Waals surface area contributed by atoms with Gasteiger partial charge in [0.15, 0.2) is 0 Å². The maximum Gasteiger partial charge on any atom is 0.125 e. The van der Waals surface area contributed by atoms with E-state index in [1.807, 2.05) is 6.07 Å². The van der Waals surface area contributed by atoms with Gasteiger partial charge in [0.25, 0.3) is 0 Å². The molecule has 4 nitrogen and oxygen atoms in total. The van der Waals surface area contributed by atoms with Crippen molar-refractivity contribution in [2.75, 3.05) is 57.4 Å². The second kappa shape index (κ2) is 8.19. The summed E-state index contributed by atoms with van der Waals surface area (Å²) >= 11 is 0. The maximum atomic E-state index is 13.4. The highest BCUT2D eigenvalue weighted by Crippen LogP contribution is 2.16. The molecule has 1 aromatic rings. The molecule has 1 aliphatic heterocycles. The first-order valence-corrected chi connectivity index (χ1v) is 7.30. The number of benzene rings is 1. The molecular formula is C15H24FN3O. The fraction of sp³-hybridized carbons (Fsp3) is 0.600. The topological polar surface area (TPSA) is 41.7 Å². The molecule has 20 heavy (non-hydrogen) atoms. The highest BCUT2D eigenvalue weighted by atomic mass is 19.1. The molecule has 0 radical (unpaired) electrons. The Morgan fingerprint density at radius 2 is 2.05 bits per heavy atom. The molecular weight excluding hydrogens is 257 g/mol. The Labute approximate surface area is 120 Å². The van der Waals surface area contributed by atoms with Crippen molar-refractivity contribution in [2.24, 2.45) is 5.73 Å². The Balaban J connectivity index is 1.92. The third-order valence-electron chi connectivity index (χ3n) is 3.60. The van der Waals surface area contributed by atoms with Crippen LogP contribution in [0.25, 0.3) is 0 Å². The number of hydrogen-bond donors (Lipinski definition) is 1. The third-order valence-corrected chi connectivity index (χ3v) is 3.60. The van der Waals surface area contributed by atoms with Gasteiger partial charge in [-0.15, -0.1) is 0 Å². The minimum absolute atomic E-state index is 0.188. The first-order valence-electron chi connectivity index (χ1n) is 7.30. The van der Waals surface area contributed by atoms with E-state index in [2.05, 4.69) is 9.80 Å². The fourth-order valence-electron chi connectivity index (χ4n) is 2.41. The fourth-order valence-corrected chi connectivity index (χ4v) is 2.41. The van der Waals surface area contributed by atoms with Crippen molar-refractivity contribution in [3.05, 3.63) is 30.1 Å². The van der Waals surface area contributed by atoms with E-state index >= 15 is 0 Å². The van der Waals surface area contributed by atoms with Gasteiger partial charge in [0.1, 0.15) is 5.82 Å². The average molecular weight is 281 g/mol. The van der Waals surface area contributed by atoms with Gasteiger partial charge in [-0.3, -0.25) is 4.90 Å². The minimum Gasteiger partial charge on any atom is -0.379 e. The minimum atomic E-state index is -0.188. The van der Waals surface area contributed by atoms with Crippen LogP contribution in [0.1, 0.15) is 6.42 Å². The highest BCUT2D eigenvalue weighted by molar-refractivity contribution is 5.46. The largest absolute Gasteiger partial charge is 0.379 e. The zero-order valence-electron chi connectivity index (χ0n) is 11.9. The van der Waals surface area contributed by atoms with Crippen LogP contribution in [-0.4, -0.2) is 57.4 Å². The van der Waals surface area contributed by atoms with E-state index in [4.69, 9.17) is 10.5 Å². The number of nitrogens with two attached hydrogens (primary N) is 1. The first kappa shape index (κ1) is 15.2. The van der Waals surface area contributed by atoms with Gasteiger partial charge in [0.2, 0.25) is 0 Å². The van der Waals surface area contributed by atoms with Gasteiger partial charge < -0.3 is 15.4 Å². The Morgan fingerprint density at radius 3 is 2.75 bits per heavy atom. The Hall–Kier alpha value is -1.17. The van der Waals surface area contributed by atoms with E-state index in [9.17, 15) is 4.39 Å². The van der Waals surface area contributed by atoms with E-state index in [1.54, 1.807) is 12.1 Å². The van der Waals surface area contributed by atoms with Crippen LogP contribution in [0.2, 0.25) is 0 Å². The van der Waals surface area contributed by atoms with Crippen molar-refractivity contribution in [2.45, 2.75) is 6.42 Å². The van der Waals surface area contributed by atoms with Gasteiger partial charge in [-0.2, -0.15) is 0 Å². The van der Waals surface area contributed by atoms with Crippen molar-refractivity contribution < 1.29 is 9.13 Å². The van der Waals surface area contributed by atoms with Gasteiger partial charge in [0, 0.05) is 38.4 Å². The van der Waals surface area contributed by atoms with Crippen LogP contribution in [-0.2, 0) is 4.74 Å². The van der Waals surface area contributed by atoms with Crippen molar-refractivity contribution in [1.82, 2.24) is 4.90 Å². The lowest BCUT2D eigenvalue weighted by molar-refractivity contribution is 0.0391. The molecule has 112 valence electrons. The summed E-state index contributed by atoms with van der Waals surface area (Å²) in [7, 11) is 0. The lowest BCUT2D eigenvalue weighted by Crippen LogP contribution is -2.42. The Kier molecular flexibility index (Phi) is 6.24. The van der Waals surface area contributed by atoms with E-state index in [1.165, 1.54) is 6.07 Å². The molecule has 2 N–H and O–H groups in total. The molecule has 1 fully saturated rings. The molecule has 1 aliphatic rings. The molecule has 0 atom stereocenters. The number of anilines is 1. The second-order valence-corrected chi connectivity index (χ2v) is 5.06. The summed E-state index contributed by atoms with van der Waals surface area (Å²) in [6.45, 7) is 6.97. The van der Waals surface area contributed by atoms with Crippen LogP contribution >= 0.6 is 0 Å². The highest BCUT2D eigenvalue weighted by Gasteiger charge is 2.13. The van der Waals surface area contributed by atoms with Gasteiger partial charge in [-0.25, -0.2) is 4.39 Å². The number of nitrogens with zero attached hydrogens (tertiary/aromatic N) is 2. The van der Waals surface area contributed by atoms with Crippen molar-refractivity contribution in [1.29, 1.82) is 0 Å². The summed E-state index contributed by atoms with van der Waals surface area (Å²) < 4.78 is 18.7. The van der Waals surface area contributed by atoms with Gasteiger partial charge in [0.05, 0.1) is 13.2 Å². The molecule has 0 bridgehead atoms. The summed E-state index contributed by atoms with van der Waals surface area (Å²) in [5, 5.41) is 0. The molecule has 2 rings (SSSR count). The second-order valence-electron chi connectivity index (χ2n) is 5.06. The molecule has 0 unspecified atom stereocenters. The number of rotatable bonds is 7.